The average molecular weight is 684 g/mol. The minimum atomic E-state index is -4.16. The van der Waals surface area contributed by atoms with E-state index in [0.717, 1.165) is 13.1 Å². The van der Waals surface area contributed by atoms with E-state index in [1.807, 2.05) is 13.8 Å². The van der Waals surface area contributed by atoms with E-state index in [9.17, 15) is 29.2 Å². The number of aryl methyl sites for hydroxylation is 1. The third kappa shape index (κ3) is 7.43. The number of likely N-dealkylation sites (N-methyl/N-ethyl adjacent to an activating group) is 2. The van der Waals surface area contributed by atoms with E-state index in [-0.39, 0.29) is 36.6 Å². The second-order valence-electron chi connectivity index (χ2n) is 11.5. The molecule has 0 spiro atoms. The van der Waals surface area contributed by atoms with Gasteiger partial charge in [-0.1, -0.05) is 13.8 Å². The van der Waals surface area contributed by atoms with Crippen LogP contribution in [0.3, 0.4) is 0 Å². The standard InChI is InChI=1S/C27H42N9O10P/c1-5-34(6-2)8-7-33(4)47(42,43-13-19-16(38)9-20(45-19)35-11-15(3)24(39)32-27(35)41)46-17-10-21(44-18(17)12-37)36-14-29-22-23(36)30-26(28)31-25(22)40/h11,14,16-21,37-38H,5-10,12-13H2,1-4H3,(H,32,39,41)(H3,28,30,31,40). The Kier molecular flexibility index (Phi) is 10.8. The van der Waals surface area contributed by atoms with Crippen LogP contribution in [-0.4, -0.2) is 120 Å². The molecule has 260 valence electrons. The molecule has 2 saturated heterocycles. The Bertz CT molecular complexity index is 1770. The number of nitrogens with zero attached hydrogens (tertiary/aromatic N) is 6. The van der Waals surface area contributed by atoms with Crippen LogP contribution in [0.5, 0.6) is 0 Å². The van der Waals surface area contributed by atoms with Crippen molar-refractivity contribution >= 4 is 24.9 Å². The van der Waals surface area contributed by atoms with Crippen molar-refractivity contribution in [1.82, 2.24) is 38.6 Å². The fourth-order valence-electron chi connectivity index (χ4n) is 5.63. The first-order chi connectivity index (χ1) is 22.4. The third-order valence-electron chi connectivity index (χ3n) is 8.50. The molecule has 47 heavy (non-hydrogen) atoms. The number of nitrogens with two attached hydrogens (primary N) is 1. The van der Waals surface area contributed by atoms with E-state index >= 15 is 0 Å². The molecule has 0 bridgehead atoms. The molecule has 2 aliphatic rings. The minimum absolute atomic E-state index is 0.0212. The van der Waals surface area contributed by atoms with Crippen LogP contribution in [0, 0.1) is 6.92 Å². The van der Waals surface area contributed by atoms with Crippen molar-refractivity contribution < 1.29 is 33.3 Å². The molecular formula is C27H42N9O10P. The Hall–Kier alpha value is -3.26. The molecule has 7 atom stereocenters. The maximum absolute atomic E-state index is 14.6. The van der Waals surface area contributed by atoms with Crippen LogP contribution in [0.25, 0.3) is 11.2 Å². The monoisotopic (exact) mass is 683 g/mol. The average Bonchev–Trinajstić information content (AvgIpc) is 3.74. The molecule has 19 nitrogen and oxygen atoms in total. The highest BCUT2D eigenvalue weighted by Crippen LogP contribution is 2.55. The number of hydrogen-bond acceptors (Lipinski definition) is 14. The fraction of sp³-hybridized carbons (Fsp3) is 0.667. The first-order valence-corrected chi connectivity index (χ1v) is 16.9. The predicted octanol–water partition coefficient (Wildman–Crippen LogP) is -0.728. The zero-order valence-electron chi connectivity index (χ0n) is 26.6. The Balaban J connectivity index is 1.35. The van der Waals surface area contributed by atoms with Gasteiger partial charge in [-0.3, -0.25) is 37.7 Å². The Morgan fingerprint density at radius 1 is 1.09 bits per heavy atom. The molecule has 2 fully saturated rings. The van der Waals surface area contributed by atoms with Gasteiger partial charge < -0.3 is 30.3 Å². The Morgan fingerprint density at radius 3 is 2.49 bits per heavy atom. The Labute approximate surface area is 268 Å². The fourth-order valence-corrected chi connectivity index (χ4v) is 7.29. The lowest BCUT2D eigenvalue weighted by molar-refractivity contribution is -0.0547. The summed E-state index contributed by atoms with van der Waals surface area (Å²) in [5.41, 5.74) is 4.51. The summed E-state index contributed by atoms with van der Waals surface area (Å²) in [7, 11) is -2.57. The molecule has 0 amide bonds. The van der Waals surface area contributed by atoms with Gasteiger partial charge in [-0.05, 0) is 27.1 Å². The summed E-state index contributed by atoms with van der Waals surface area (Å²) in [5.74, 6) is -0.111. The predicted molar refractivity (Wildman–Crippen MR) is 168 cm³/mol. The summed E-state index contributed by atoms with van der Waals surface area (Å²) in [6.45, 7) is 7.11. The molecule has 0 saturated carbocycles. The summed E-state index contributed by atoms with van der Waals surface area (Å²) in [6, 6.07) is 0. The number of aromatic nitrogens is 6. The molecule has 20 heteroatoms. The van der Waals surface area contributed by atoms with Crippen LogP contribution in [0.1, 0.15) is 44.7 Å². The quantitative estimate of drug-likeness (QED) is 0.132. The number of rotatable bonds is 14. The van der Waals surface area contributed by atoms with Gasteiger partial charge in [0, 0.05) is 37.7 Å². The highest BCUT2D eigenvalue weighted by atomic mass is 31.2. The van der Waals surface area contributed by atoms with Crippen LogP contribution in [-0.2, 0) is 23.1 Å². The van der Waals surface area contributed by atoms with Crippen molar-refractivity contribution in [3.8, 4) is 0 Å². The zero-order chi connectivity index (χ0) is 34.0. The van der Waals surface area contributed by atoms with Gasteiger partial charge in [0.25, 0.3) is 11.1 Å². The summed E-state index contributed by atoms with van der Waals surface area (Å²) in [5, 5.41) is 21.0. The molecule has 3 aromatic heterocycles. The Morgan fingerprint density at radius 2 is 1.79 bits per heavy atom. The molecule has 7 unspecified atom stereocenters. The summed E-state index contributed by atoms with van der Waals surface area (Å²) in [6.07, 6.45) is -2.82. The zero-order valence-corrected chi connectivity index (χ0v) is 27.5. The molecule has 0 radical (unpaired) electrons. The number of imidazole rings is 1. The molecule has 0 aromatic carbocycles. The topological polar surface area (TPSA) is 245 Å². The lowest BCUT2D eigenvalue weighted by Crippen LogP contribution is -2.36. The van der Waals surface area contributed by atoms with Crippen molar-refractivity contribution in [3.63, 3.8) is 0 Å². The lowest BCUT2D eigenvalue weighted by Gasteiger charge is -2.32. The van der Waals surface area contributed by atoms with Crippen LogP contribution < -0.4 is 22.5 Å². The van der Waals surface area contributed by atoms with Crippen LogP contribution in [0.4, 0.5) is 5.95 Å². The van der Waals surface area contributed by atoms with Gasteiger partial charge >= 0.3 is 13.4 Å². The highest BCUT2D eigenvalue weighted by molar-refractivity contribution is 7.51. The smallest absolute Gasteiger partial charge is 0.394 e. The van der Waals surface area contributed by atoms with E-state index in [1.165, 1.54) is 26.3 Å². The van der Waals surface area contributed by atoms with E-state index in [2.05, 4.69) is 24.8 Å². The van der Waals surface area contributed by atoms with Crippen LogP contribution >= 0.6 is 7.75 Å². The maximum Gasteiger partial charge on any atom is 0.408 e. The normalized spacial score (nSPS) is 26.1. The molecule has 3 aromatic rings. The van der Waals surface area contributed by atoms with Gasteiger partial charge in [0.05, 0.1) is 25.6 Å². The van der Waals surface area contributed by atoms with Crippen LogP contribution in [0.2, 0.25) is 0 Å². The van der Waals surface area contributed by atoms with Gasteiger partial charge in [-0.25, -0.2) is 19.0 Å². The number of anilines is 1. The highest BCUT2D eigenvalue weighted by Gasteiger charge is 2.45. The molecular weight excluding hydrogens is 641 g/mol. The first-order valence-electron chi connectivity index (χ1n) is 15.4. The molecule has 5 rings (SSSR count). The lowest BCUT2D eigenvalue weighted by atomic mass is 10.2. The summed E-state index contributed by atoms with van der Waals surface area (Å²) < 4.78 is 42.8. The van der Waals surface area contributed by atoms with E-state index in [0.29, 0.717) is 18.7 Å². The van der Waals surface area contributed by atoms with Crippen LogP contribution in [0.15, 0.2) is 26.9 Å². The summed E-state index contributed by atoms with van der Waals surface area (Å²) in [4.78, 5) is 51.6. The number of nitrogens with one attached hydrogen (secondary N) is 2. The van der Waals surface area contributed by atoms with E-state index < -0.39 is 68.0 Å². The molecule has 0 aliphatic carbocycles. The minimum Gasteiger partial charge on any atom is -0.394 e. The van der Waals surface area contributed by atoms with Crippen molar-refractivity contribution in [2.45, 2.75) is 70.5 Å². The van der Waals surface area contributed by atoms with Crippen molar-refractivity contribution in [3.05, 3.63) is 49.3 Å². The number of fused-ring (bicyclic) bond motifs is 1. The number of nitrogen functional groups attached to an aromatic ring is 1. The van der Waals surface area contributed by atoms with Gasteiger partial charge in [0.2, 0.25) is 5.95 Å². The van der Waals surface area contributed by atoms with E-state index in [1.54, 1.807) is 14.0 Å². The second kappa shape index (κ2) is 14.5. The number of hydrogen-bond donors (Lipinski definition) is 5. The molecule has 2 aliphatic heterocycles. The molecule has 6 N–H and O–H groups in total. The second-order valence-corrected chi connectivity index (χ2v) is 13.6. The number of H-pyrrole nitrogens is 2. The first kappa shape index (κ1) is 35.1. The van der Waals surface area contributed by atoms with Gasteiger partial charge in [-0.2, -0.15) is 4.98 Å². The van der Waals surface area contributed by atoms with Gasteiger partial charge in [0.15, 0.2) is 11.2 Å². The SMILES string of the molecule is CCN(CC)CCN(C)P(=O)(OCC1OC(n2cc(C)c(=O)[nH]c2=O)CC1O)OC1CC(n2cnc3c(=O)[nH]c(N)nc32)OC1CO. The largest absolute Gasteiger partial charge is 0.408 e. The van der Waals surface area contributed by atoms with Gasteiger partial charge in [0.1, 0.15) is 30.8 Å². The number of ether oxygens (including phenoxy) is 2. The van der Waals surface area contributed by atoms with Crippen molar-refractivity contribution in [1.29, 1.82) is 0 Å². The van der Waals surface area contributed by atoms with Crippen molar-refractivity contribution in [2.24, 2.45) is 0 Å². The van der Waals surface area contributed by atoms with Gasteiger partial charge in [-0.15, -0.1) is 0 Å². The molecule has 5 heterocycles. The maximum atomic E-state index is 14.6. The number of aromatic amines is 2. The summed E-state index contributed by atoms with van der Waals surface area (Å²) >= 11 is 0. The number of aliphatic hydroxyl groups excluding tert-OH is 2. The number of aliphatic hydroxyl groups is 2. The third-order valence-corrected chi connectivity index (χ3v) is 10.6. The van der Waals surface area contributed by atoms with E-state index in [4.69, 9.17) is 24.3 Å². The van der Waals surface area contributed by atoms with Crippen molar-refractivity contribution in [2.75, 3.05) is 52.2 Å².